The number of thiophene rings is 1. The van der Waals surface area contributed by atoms with Crippen LogP contribution in [-0.4, -0.2) is 50.5 Å². The van der Waals surface area contributed by atoms with Crippen LogP contribution in [0.15, 0.2) is 17.1 Å². The third-order valence-electron chi connectivity index (χ3n) is 4.16. The summed E-state index contributed by atoms with van der Waals surface area (Å²) in [7, 11) is 3.52. The van der Waals surface area contributed by atoms with Crippen molar-refractivity contribution < 1.29 is 4.79 Å². The van der Waals surface area contributed by atoms with Gasteiger partial charge < -0.3 is 15.5 Å². The van der Waals surface area contributed by atoms with Crippen LogP contribution >= 0.6 is 46.9 Å². The first kappa shape index (κ1) is 21.5. The third kappa shape index (κ3) is 6.76. The molecule has 24 heavy (non-hydrogen) atoms. The molecule has 8 heteroatoms. The van der Waals surface area contributed by atoms with E-state index in [0.717, 1.165) is 49.2 Å². The van der Waals surface area contributed by atoms with Crippen LogP contribution < -0.4 is 10.6 Å². The number of halogens is 2. The summed E-state index contributed by atoms with van der Waals surface area (Å²) in [6.45, 7) is 2.75. The number of guanidine groups is 1. The molecule has 2 heterocycles. The normalized spacial score (nSPS) is 15.8. The molecular weight excluding hydrogens is 459 g/mol. The molecule has 1 aromatic heterocycles. The summed E-state index contributed by atoms with van der Waals surface area (Å²) in [6, 6.07) is 4.01. The van der Waals surface area contributed by atoms with Gasteiger partial charge in [-0.25, -0.2) is 0 Å². The Kier molecular flexibility index (Phi) is 9.99. The summed E-state index contributed by atoms with van der Waals surface area (Å²) in [4.78, 5) is 19.4. The summed E-state index contributed by atoms with van der Waals surface area (Å²) in [6.07, 6.45) is 3.66. The van der Waals surface area contributed by atoms with E-state index in [2.05, 4.69) is 26.6 Å². The van der Waals surface area contributed by atoms with Gasteiger partial charge in [0.1, 0.15) is 0 Å². The highest BCUT2D eigenvalue weighted by Gasteiger charge is 2.22. The fourth-order valence-electron chi connectivity index (χ4n) is 2.83. The second-order valence-electron chi connectivity index (χ2n) is 5.74. The zero-order valence-electron chi connectivity index (χ0n) is 14.2. The van der Waals surface area contributed by atoms with Gasteiger partial charge in [-0.1, -0.05) is 11.6 Å². The number of aliphatic imine (C=N–C) groups is 1. The molecule has 1 aliphatic rings. The quantitative estimate of drug-likeness (QED) is 0.384. The van der Waals surface area contributed by atoms with Crippen molar-refractivity contribution in [1.29, 1.82) is 0 Å². The van der Waals surface area contributed by atoms with Gasteiger partial charge >= 0.3 is 0 Å². The van der Waals surface area contributed by atoms with Gasteiger partial charge in [0.05, 0.1) is 4.34 Å². The Labute approximate surface area is 170 Å². The van der Waals surface area contributed by atoms with E-state index in [4.69, 9.17) is 11.6 Å². The number of likely N-dealkylation sites (tertiary alicyclic amines) is 1. The first-order valence-corrected chi connectivity index (χ1v) is 9.22. The largest absolute Gasteiger partial charge is 0.359 e. The van der Waals surface area contributed by atoms with E-state index < -0.39 is 0 Å². The molecule has 0 aliphatic carbocycles. The highest BCUT2D eigenvalue weighted by molar-refractivity contribution is 14.0. The van der Waals surface area contributed by atoms with Gasteiger partial charge in [0.25, 0.3) is 0 Å². The molecule has 0 spiro atoms. The number of carbonyl (C=O) groups is 1. The Bertz CT molecular complexity index is 544. The van der Waals surface area contributed by atoms with Crippen LogP contribution in [0.4, 0.5) is 0 Å². The maximum atomic E-state index is 11.5. The van der Waals surface area contributed by atoms with E-state index in [1.807, 2.05) is 13.1 Å². The van der Waals surface area contributed by atoms with E-state index in [1.165, 1.54) is 4.88 Å². The topological polar surface area (TPSA) is 56.7 Å². The molecule has 0 radical (unpaired) electrons. The van der Waals surface area contributed by atoms with E-state index in [-0.39, 0.29) is 29.9 Å². The number of hydrogen-bond donors (Lipinski definition) is 2. The minimum atomic E-state index is 0. The summed E-state index contributed by atoms with van der Waals surface area (Å²) in [5.74, 6) is 1.57. The molecule has 1 saturated heterocycles. The molecule has 0 unspecified atom stereocenters. The average molecular weight is 485 g/mol. The van der Waals surface area contributed by atoms with Crippen LogP contribution in [0.2, 0.25) is 4.34 Å². The number of hydrogen-bond acceptors (Lipinski definition) is 3. The second kappa shape index (κ2) is 11.1. The number of rotatable bonds is 5. The van der Waals surface area contributed by atoms with Crippen LogP contribution in [0.3, 0.4) is 0 Å². The molecule has 136 valence electrons. The van der Waals surface area contributed by atoms with Gasteiger partial charge in [0.2, 0.25) is 5.91 Å². The van der Waals surface area contributed by atoms with Crippen molar-refractivity contribution in [1.82, 2.24) is 15.5 Å². The van der Waals surface area contributed by atoms with E-state index in [1.54, 1.807) is 18.4 Å². The summed E-state index contributed by atoms with van der Waals surface area (Å²) in [5.41, 5.74) is 0. The molecule has 2 N–H and O–H groups in total. The third-order valence-corrected chi connectivity index (χ3v) is 5.45. The Morgan fingerprint density at radius 1 is 1.42 bits per heavy atom. The minimum absolute atomic E-state index is 0. The molecule has 2 rings (SSSR count). The zero-order valence-corrected chi connectivity index (χ0v) is 18.1. The lowest BCUT2D eigenvalue weighted by Crippen LogP contribution is -2.46. The molecule has 1 fully saturated rings. The standard InChI is InChI=1S/C16H25ClN4OS.HI/c1-18-15(22)11-12-6-9-21(10-7-12)16(19-2)20-8-5-13-3-4-14(17)23-13;/h3-4,12H,5-11H2,1-2H3,(H,18,22)(H,19,20);1H. The highest BCUT2D eigenvalue weighted by Crippen LogP contribution is 2.22. The lowest BCUT2D eigenvalue weighted by molar-refractivity contribution is -0.121. The molecule has 1 aliphatic heterocycles. The van der Waals surface area contributed by atoms with Gasteiger partial charge in [-0.2, -0.15) is 0 Å². The van der Waals surface area contributed by atoms with E-state index in [0.29, 0.717) is 12.3 Å². The number of amides is 1. The van der Waals surface area contributed by atoms with Gasteiger partial charge in [0, 0.05) is 45.0 Å². The lowest BCUT2D eigenvalue weighted by Gasteiger charge is -2.34. The predicted molar refractivity (Wildman–Crippen MR) is 113 cm³/mol. The molecule has 0 atom stereocenters. The van der Waals surface area contributed by atoms with E-state index >= 15 is 0 Å². The summed E-state index contributed by atoms with van der Waals surface area (Å²) < 4.78 is 0.836. The van der Waals surface area contributed by atoms with Crippen molar-refractivity contribution in [3.05, 3.63) is 21.3 Å². The van der Waals surface area contributed by atoms with Crippen LogP contribution in [0, 0.1) is 5.92 Å². The second-order valence-corrected chi connectivity index (χ2v) is 7.54. The molecule has 1 aromatic rings. The van der Waals surface area contributed by atoms with Crippen molar-refractivity contribution in [2.24, 2.45) is 10.9 Å². The molecular formula is C16H26ClIN4OS. The summed E-state index contributed by atoms with van der Waals surface area (Å²) >= 11 is 7.57. The monoisotopic (exact) mass is 484 g/mol. The SMILES string of the molecule is CN=C(NCCc1ccc(Cl)s1)N1CCC(CC(=O)NC)CC1.I. The Morgan fingerprint density at radius 3 is 2.67 bits per heavy atom. The van der Waals surface area contributed by atoms with Crippen molar-refractivity contribution in [2.45, 2.75) is 25.7 Å². The predicted octanol–water partition coefficient (Wildman–Crippen LogP) is 2.99. The highest BCUT2D eigenvalue weighted by atomic mass is 127. The Hall–Kier alpha value is -0.540. The van der Waals surface area contributed by atoms with Crippen molar-refractivity contribution in [2.75, 3.05) is 33.7 Å². The fraction of sp³-hybridized carbons (Fsp3) is 0.625. The van der Waals surface area contributed by atoms with Gasteiger partial charge in [-0.15, -0.1) is 35.3 Å². The number of piperidine rings is 1. The molecule has 0 bridgehead atoms. The van der Waals surface area contributed by atoms with E-state index in [9.17, 15) is 4.79 Å². The fourth-order valence-corrected chi connectivity index (χ4v) is 3.92. The van der Waals surface area contributed by atoms with Crippen LogP contribution in [0.5, 0.6) is 0 Å². The first-order chi connectivity index (χ1) is 11.1. The lowest BCUT2D eigenvalue weighted by atomic mass is 9.93. The minimum Gasteiger partial charge on any atom is -0.359 e. The number of nitrogens with zero attached hydrogens (tertiary/aromatic N) is 2. The van der Waals surface area contributed by atoms with Crippen molar-refractivity contribution >= 4 is 58.8 Å². The Balaban J connectivity index is 0.00000288. The van der Waals surface area contributed by atoms with Crippen molar-refractivity contribution in [3.8, 4) is 0 Å². The van der Waals surface area contributed by atoms with Crippen LogP contribution in [-0.2, 0) is 11.2 Å². The molecule has 5 nitrogen and oxygen atoms in total. The number of nitrogens with one attached hydrogen (secondary N) is 2. The molecule has 0 saturated carbocycles. The van der Waals surface area contributed by atoms with Gasteiger partial charge in [-0.05, 0) is 37.3 Å². The Morgan fingerprint density at radius 2 is 2.12 bits per heavy atom. The zero-order chi connectivity index (χ0) is 16.7. The maximum Gasteiger partial charge on any atom is 0.220 e. The smallest absolute Gasteiger partial charge is 0.220 e. The molecule has 0 aromatic carbocycles. The molecule has 1 amide bonds. The van der Waals surface area contributed by atoms with Crippen LogP contribution in [0.25, 0.3) is 0 Å². The number of carbonyl (C=O) groups excluding carboxylic acids is 1. The van der Waals surface area contributed by atoms with Crippen molar-refractivity contribution in [3.63, 3.8) is 0 Å². The van der Waals surface area contributed by atoms with Gasteiger partial charge in [-0.3, -0.25) is 9.79 Å². The van der Waals surface area contributed by atoms with Gasteiger partial charge in [0.15, 0.2) is 5.96 Å². The van der Waals surface area contributed by atoms with Crippen LogP contribution in [0.1, 0.15) is 24.1 Å². The average Bonchev–Trinajstić information content (AvgIpc) is 2.98. The summed E-state index contributed by atoms with van der Waals surface area (Å²) in [5, 5.41) is 6.13. The first-order valence-electron chi connectivity index (χ1n) is 8.02. The maximum absolute atomic E-state index is 11.5.